The summed E-state index contributed by atoms with van der Waals surface area (Å²) in [5.41, 5.74) is 6.55. The Balaban J connectivity index is 1.90. The van der Waals surface area contributed by atoms with E-state index in [9.17, 15) is 4.79 Å². The van der Waals surface area contributed by atoms with Crippen LogP contribution < -0.4 is 5.73 Å². The lowest BCUT2D eigenvalue weighted by Gasteiger charge is -2.21. The molecule has 1 aliphatic rings. The van der Waals surface area contributed by atoms with Crippen molar-refractivity contribution in [2.24, 2.45) is 5.92 Å². The lowest BCUT2D eigenvalue weighted by atomic mass is 9.90. The van der Waals surface area contributed by atoms with Gasteiger partial charge in [0.15, 0.2) is 0 Å². The molecule has 0 amide bonds. The van der Waals surface area contributed by atoms with Crippen molar-refractivity contribution in [3.8, 4) is 0 Å². The van der Waals surface area contributed by atoms with E-state index in [1.807, 2.05) is 0 Å². The van der Waals surface area contributed by atoms with Gasteiger partial charge in [-0.15, -0.1) is 0 Å². The average Bonchev–Trinajstić information content (AvgIpc) is 2.36. The fourth-order valence-corrected chi connectivity index (χ4v) is 2.60. The molecule has 1 aromatic rings. The predicted octanol–water partition coefficient (Wildman–Crippen LogP) is 3.66. The van der Waals surface area contributed by atoms with Crippen LogP contribution in [0.4, 0.5) is 5.69 Å². The van der Waals surface area contributed by atoms with Crippen molar-refractivity contribution in [3.05, 3.63) is 28.8 Å². The minimum atomic E-state index is -0.338. The second-order valence-electron chi connectivity index (χ2n) is 4.88. The normalized spacial score (nSPS) is 16.5. The summed E-state index contributed by atoms with van der Waals surface area (Å²) in [5.74, 6) is 0.175. The van der Waals surface area contributed by atoms with E-state index in [0.717, 1.165) is 12.8 Å². The Morgan fingerprint density at radius 2 is 2.00 bits per heavy atom. The van der Waals surface area contributed by atoms with Crippen LogP contribution in [-0.4, -0.2) is 12.6 Å². The molecule has 0 atom stereocenters. The summed E-state index contributed by atoms with van der Waals surface area (Å²) in [6, 6.07) is 4.79. The van der Waals surface area contributed by atoms with Crippen LogP contribution in [0.1, 0.15) is 42.5 Å². The molecule has 0 radical (unpaired) electrons. The van der Waals surface area contributed by atoms with Gasteiger partial charge in [-0.2, -0.15) is 0 Å². The number of hydrogen-bond donors (Lipinski definition) is 1. The van der Waals surface area contributed by atoms with E-state index in [-0.39, 0.29) is 5.97 Å². The lowest BCUT2D eigenvalue weighted by molar-refractivity contribution is 0.0410. The van der Waals surface area contributed by atoms with Crippen LogP contribution in [0.3, 0.4) is 0 Å². The Morgan fingerprint density at radius 3 is 2.67 bits per heavy atom. The van der Waals surface area contributed by atoms with E-state index in [1.54, 1.807) is 18.2 Å². The molecular formula is C14H18ClNO2. The van der Waals surface area contributed by atoms with E-state index in [2.05, 4.69) is 0 Å². The SMILES string of the molecule is Nc1cc(Cl)cc(C(=O)OCC2CCCCC2)c1. The maximum absolute atomic E-state index is 11.9. The van der Waals surface area contributed by atoms with Crippen LogP contribution in [0, 0.1) is 5.92 Å². The molecule has 0 unspecified atom stereocenters. The van der Waals surface area contributed by atoms with Crippen molar-refractivity contribution in [2.45, 2.75) is 32.1 Å². The average molecular weight is 268 g/mol. The molecular weight excluding hydrogens is 250 g/mol. The number of rotatable bonds is 3. The van der Waals surface area contributed by atoms with Gasteiger partial charge in [0.2, 0.25) is 0 Å². The van der Waals surface area contributed by atoms with Crippen molar-refractivity contribution in [3.63, 3.8) is 0 Å². The first kappa shape index (κ1) is 13.2. The second kappa shape index (κ2) is 6.10. The molecule has 0 heterocycles. The van der Waals surface area contributed by atoms with E-state index < -0.39 is 0 Å². The van der Waals surface area contributed by atoms with E-state index >= 15 is 0 Å². The molecule has 2 rings (SSSR count). The van der Waals surface area contributed by atoms with Crippen LogP contribution in [-0.2, 0) is 4.74 Å². The van der Waals surface area contributed by atoms with E-state index in [0.29, 0.717) is 28.8 Å². The molecule has 1 aromatic carbocycles. The van der Waals surface area contributed by atoms with Crippen molar-refractivity contribution < 1.29 is 9.53 Å². The van der Waals surface area contributed by atoms with Crippen molar-refractivity contribution in [1.29, 1.82) is 0 Å². The summed E-state index contributed by atoms with van der Waals surface area (Å²) >= 11 is 5.86. The number of carbonyl (C=O) groups excluding carboxylic acids is 1. The van der Waals surface area contributed by atoms with Crippen molar-refractivity contribution >= 4 is 23.3 Å². The van der Waals surface area contributed by atoms with E-state index in [1.165, 1.54) is 19.3 Å². The maximum atomic E-state index is 11.9. The fourth-order valence-electron chi connectivity index (χ4n) is 2.36. The number of ether oxygens (including phenoxy) is 1. The monoisotopic (exact) mass is 267 g/mol. The highest BCUT2D eigenvalue weighted by molar-refractivity contribution is 6.31. The topological polar surface area (TPSA) is 52.3 Å². The molecule has 0 aliphatic heterocycles. The van der Waals surface area contributed by atoms with Gasteiger partial charge < -0.3 is 10.5 Å². The zero-order chi connectivity index (χ0) is 13.0. The van der Waals surface area contributed by atoms with Crippen molar-refractivity contribution in [2.75, 3.05) is 12.3 Å². The van der Waals surface area contributed by atoms with Gasteiger partial charge in [0.25, 0.3) is 0 Å². The highest BCUT2D eigenvalue weighted by atomic mass is 35.5. The first-order valence-electron chi connectivity index (χ1n) is 6.38. The Morgan fingerprint density at radius 1 is 1.28 bits per heavy atom. The molecule has 0 spiro atoms. The molecule has 1 aliphatic carbocycles. The first-order valence-corrected chi connectivity index (χ1v) is 6.76. The quantitative estimate of drug-likeness (QED) is 0.672. The third-order valence-corrected chi connectivity index (χ3v) is 3.55. The number of halogens is 1. The molecule has 0 bridgehead atoms. The number of esters is 1. The minimum Gasteiger partial charge on any atom is -0.462 e. The van der Waals surface area contributed by atoms with Crippen LogP contribution >= 0.6 is 11.6 Å². The third-order valence-electron chi connectivity index (χ3n) is 3.33. The highest BCUT2D eigenvalue weighted by Gasteiger charge is 2.16. The molecule has 1 saturated carbocycles. The number of benzene rings is 1. The Labute approximate surface area is 112 Å². The minimum absolute atomic E-state index is 0.338. The molecule has 0 saturated heterocycles. The van der Waals surface area contributed by atoms with Gasteiger partial charge in [-0.05, 0) is 37.0 Å². The first-order chi connectivity index (χ1) is 8.65. The van der Waals surface area contributed by atoms with Gasteiger partial charge in [0.1, 0.15) is 0 Å². The van der Waals surface area contributed by atoms with Gasteiger partial charge in [0.05, 0.1) is 12.2 Å². The molecule has 2 N–H and O–H groups in total. The smallest absolute Gasteiger partial charge is 0.338 e. The Hall–Kier alpha value is -1.22. The van der Waals surface area contributed by atoms with Crippen LogP contribution in [0.15, 0.2) is 18.2 Å². The second-order valence-corrected chi connectivity index (χ2v) is 5.31. The number of nitrogen functional groups attached to an aromatic ring is 1. The summed E-state index contributed by atoms with van der Waals surface area (Å²) in [6.07, 6.45) is 6.10. The van der Waals surface area contributed by atoms with Crippen LogP contribution in [0.5, 0.6) is 0 Å². The van der Waals surface area contributed by atoms with Crippen molar-refractivity contribution in [1.82, 2.24) is 0 Å². The lowest BCUT2D eigenvalue weighted by Crippen LogP contribution is -2.16. The maximum Gasteiger partial charge on any atom is 0.338 e. The number of carbonyl (C=O) groups is 1. The zero-order valence-electron chi connectivity index (χ0n) is 10.3. The molecule has 18 heavy (non-hydrogen) atoms. The summed E-state index contributed by atoms with van der Waals surface area (Å²) in [6.45, 7) is 0.505. The number of nitrogens with two attached hydrogens (primary N) is 1. The number of hydrogen-bond acceptors (Lipinski definition) is 3. The van der Waals surface area contributed by atoms with Gasteiger partial charge in [-0.25, -0.2) is 4.79 Å². The highest BCUT2D eigenvalue weighted by Crippen LogP contribution is 2.24. The molecule has 98 valence electrons. The molecule has 3 nitrogen and oxygen atoms in total. The Bertz CT molecular complexity index is 408. The van der Waals surface area contributed by atoms with Gasteiger partial charge in [-0.1, -0.05) is 30.9 Å². The van der Waals surface area contributed by atoms with Crippen LogP contribution in [0.2, 0.25) is 5.02 Å². The fraction of sp³-hybridized carbons (Fsp3) is 0.500. The molecule has 0 aromatic heterocycles. The number of anilines is 1. The zero-order valence-corrected chi connectivity index (χ0v) is 11.1. The predicted molar refractivity (Wildman–Crippen MR) is 72.7 cm³/mol. The summed E-state index contributed by atoms with van der Waals surface area (Å²) < 4.78 is 5.32. The largest absolute Gasteiger partial charge is 0.462 e. The van der Waals surface area contributed by atoms with Gasteiger partial charge in [0, 0.05) is 10.7 Å². The summed E-state index contributed by atoms with van der Waals surface area (Å²) in [7, 11) is 0. The molecule has 1 fully saturated rings. The van der Waals surface area contributed by atoms with Gasteiger partial charge in [-0.3, -0.25) is 0 Å². The third kappa shape index (κ3) is 3.64. The van der Waals surface area contributed by atoms with E-state index in [4.69, 9.17) is 22.1 Å². The van der Waals surface area contributed by atoms with Crippen LogP contribution in [0.25, 0.3) is 0 Å². The summed E-state index contributed by atoms with van der Waals surface area (Å²) in [4.78, 5) is 11.9. The van der Waals surface area contributed by atoms with Gasteiger partial charge >= 0.3 is 5.97 Å². The Kier molecular flexibility index (Phi) is 4.48. The summed E-state index contributed by atoms with van der Waals surface area (Å²) in [5, 5.41) is 0.458. The standard InChI is InChI=1S/C14H18ClNO2/c15-12-6-11(7-13(16)8-12)14(17)18-9-10-4-2-1-3-5-10/h6-8,10H,1-5,9,16H2. The molecule has 4 heteroatoms.